The summed E-state index contributed by atoms with van der Waals surface area (Å²) in [5.41, 5.74) is 1.09. The van der Waals surface area contributed by atoms with Crippen LogP contribution < -0.4 is 5.32 Å². The highest BCUT2D eigenvalue weighted by molar-refractivity contribution is 6.30. The topological polar surface area (TPSA) is 85.9 Å². The van der Waals surface area contributed by atoms with Gasteiger partial charge in [0.1, 0.15) is 29.4 Å². The minimum absolute atomic E-state index is 0.0915. The van der Waals surface area contributed by atoms with E-state index >= 15 is 4.39 Å². The van der Waals surface area contributed by atoms with Gasteiger partial charge in [-0.15, -0.1) is 0 Å². The standard InChI is InChI=1S/C35H36ClF2N5O3/c1-3-41(4-2)35(46)32(28-14-13-27(37)21-29(28)38)42-15-17-43(18-16-42)34(45)31(19-23-9-11-26(36)12-10-23)40-33(44)30-20-24-7-5-6-8-25(24)22-39-30/h5-14,20-22,31-32H,3-4,15-19H2,1-2H3,(H,40,44)/t31-,32?/m1/s1. The molecule has 2 atom stereocenters. The summed E-state index contributed by atoms with van der Waals surface area (Å²) in [4.78, 5) is 50.4. The maximum Gasteiger partial charge on any atom is 0.270 e. The Labute approximate surface area is 271 Å². The van der Waals surface area contributed by atoms with Crippen molar-refractivity contribution in [3.63, 3.8) is 0 Å². The molecule has 1 unspecified atom stereocenters. The van der Waals surface area contributed by atoms with Gasteiger partial charge in [0.2, 0.25) is 11.8 Å². The number of aromatic nitrogens is 1. The maximum atomic E-state index is 15.0. The molecule has 1 aromatic heterocycles. The van der Waals surface area contributed by atoms with Crippen LogP contribution in [-0.2, 0) is 16.0 Å². The van der Waals surface area contributed by atoms with Crippen molar-refractivity contribution in [1.29, 1.82) is 0 Å². The number of nitrogens with zero attached hydrogens (tertiary/aromatic N) is 4. The molecule has 8 nitrogen and oxygen atoms in total. The third-order valence-electron chi connectivity index (χ3n) is 8.38. The predicted molar refractivity (Wildman–Crippen MR) is 173 cm³/mol. The van der Waals surface area contributed by atoms with E-state index in [0.717, 1.165) is 28.5 Å². The van der Waals surface area contributed by atoms with Gasteiger partial charge in [0, 0.05) is 73.9 Å². The number of nitrogens with one attached hydrogen (secondary N) is 1. The van der Waals surface area contributed by atoms with E-state index < -0.39 is 29.6 Å². The Morgan fingerprint density at radius 3 is 2.24 bits per heavy atom. The molecule has 0 spiro atoms. The van der Waals surface area contributed by atoms with E-state index in [1.54, 1.807) is 34.2 Å². The maximum absolute atomic E-state index is 15.0. The molecule has 11 heteroatoms. The molecule has 1 saturated heterocycles. The van der Waals surface area contributed by atoms with E-state index in [9.17, 15) is 18.8 Å². The van der Waals surface area contributed by atoms with Crippen LogP contribution in [-0.4, -0.2) is 82.7 Å². The summed E-state index contributed by atoms with van der Waals surface area (Å²) >= 11 is 6.08. The fourth-order valence-corrected chi connectivity index (χ4v) is 5.96. The van der Waals surface area contributed by atoms with Gasteiger partial charge in [-0.25, -0.2) is 8.78 Å². The number of halogens is 3. The fraction of sp³-hybridized carbons (Fsp3) is 0.314. The van der Waals surface area contributed by atoms with Crippen LogP contribution in [0.25, 0.3) is 10.8 Å². The Bertz CT molecular complexity index is 1710. The highest BCUT2D eigenvalue weighted by Gasteiger charge is 2.37. The molecular formula is C35H36ClF2N5O3. The number of hydrogen-bond donors (Lipinski definition) is 1. The SMILES string of the molecule is CCN(CC)C(=O)C(c1ccc(F)cc1F)N1CCN(C(=O)[C@@H](Cc2ccc(Cl)cc2)NC(=O)c2cc3ccccc3cn2)CC1. The molecule has 240 valence electrons. The quantitative estimate of drug-likeness (QED) is 0.254. The van der Waals surface area contributed by atoms with Gasteiger partial charge in [0.15, 0.2) is 0 Å². The summed E-state index contributed by atoms with van der Waals surface area (Å²) in [6.07, 6.45) is 1.85. The molecule has 0 bridgehead atoms. The van der Waals surface area contributed by atoms with Gasteiger partial charge < -0.3 is 15.1 Å². The first-order chi connectivity index (χ1) is 22.2. The molecule has 0 aliphatic carbocycles. The van der Waals surface area contributed by atoms with Gasteiger partial charge in [-0.05, 0) is 49.1 Å². The number of carbonyl (C=O) groups excluding carboxylic acids is 3. The lowest BCUT2D eigenvalue weighted by Gasteiger charge is -2.41. The molecule has 5 rings (SSSR count). The second-order valence-corrected chi connectivity index (χ2v) is 11.6. The molecule has 1 N–H and O–H groups in total. The lowest BCUT2D eigenvalue weighted by atomic mass is 10.0. The Hall–Kier alpha value is -4.41. The fourth-order valence-electron chi connectivity index (χ4n) is 5.83. The van der Waals surface area contributed by atoms with Crippen molar-refractivity contribution in [1.82, 2.24) is 25.0 Å². The zero-order valence-electron chi connectivity index (χ0n) is 25.8. The zero-order valence-corrected chi connectivity index (χ0v) is 26.5. The first-order valence-corrected chi connectivity index (χ1v) is 15.7. The van der Waals surface area contributed by atoms with Gasteiger partial charge in [-0.2, -0.15) is 0 Å². The molecule has 0 saturated carbocycles. The number of likely N-dealkylation sites (N-methyl/N-ethyl adjacent to an activating group) is 1. The second-order valence-electron chi connectivity index (χ2n) is 11.2. The minimum atomic E-state index is -0.971. The van der Waals surface area contributed by atoms with Crippen molar-refractivity contribution in [2.45, 2.75) is 32.4 Å². The number of fused-ring (bicyclic) bond motifs is 1. The Morgan fingerprint density at radius 1 is 0.913 bits per heavy atom. The minimum Gasteiger partial charge on any atom is -0.342 e. The first kappa shape index (κ1) is 33.0. The number of rotatable bonds is 10. The number of amides is 3. The molecule has 46 heavy (non-hydrogen) atoms. The normalized spacial score (nSPS) is 14.9. The molecule has 1 fully saturated rings. The van der Waals surface area contributed by atoms with Crippen molar-refractivity contribution in [3.05, 3.63) is 112 Å². The largest absolute Gasteiger partial charge is 0.342 e. The van der Waals surface area contributed by atoms with E-state index in [2.05, 4.69) is 10.3 Å². The van der Waals surface area contributed by atoms with Crippen molar-refractivity contribution in [3.8, 4) is 0 Å². The van der Waals surface area contributed by atoms with Gasteiger partial charge >= 0.3 is 0 Å². The van der Waals surface area contributed by atoms with Gasteiger partial charge in [-0.3, -0.25) is 24.3 Å². The Morgan fingerprint density at radius 2 is 1.59 bits per heavy atom. The summed E-state index contributed by atoms with van der Waals surface area (Å²) < 4.78 is 28.8. The first-order valence-electron chi connectivity index (χ1n) is 15.3. The summed E-state index contributed by atoms with van der Waals surface area (Å²) in [5, 5.41) is 5.19. The highest BCUT2D eigenvalue weighted by atomic mass is 35.5. The second kappa shape index (κ2) is 14.8. The predicted octanol–water partition coefficient (Wildman–Crippen LogP) is 5.26. The number of benzene rings is 3. The lowest BCUT2D eigenvalue weighted by molar-refractivity contribution is -0.140. The van der Waals surface area contributed by atoms with Crippen molar-refractivity contribution >= 4 is 40.1 Å². The van der Waals surface area contributed by atoms with Crippen LogP contribution in [0.4, 0.5) is 8.78 Å². The number of hydrogen-bond acceptors (Lipinski definition) is 5. The molecule has 3 aromatic carbocycles. The molecule has 4 aromatic rings. The van der Waals surface area contributed by atoms with Crippen LogP contribution in [0.5, 0.6) is 0 Å². The summed E-state index contributed by atoms with van der Waals surface area (Å²) in [6.45, 7) is 5.59. The third-order valence-corrected chi connectivity index (χ3v) is 8.63. The third kappa shape index (κ3) is 7.51. The smallest absolute Gasteiger partial charge is 0.270 e. The van der Waals surface area contributed by atoms with Crippen LogP contribution in [0, 0.1) is 11.6 Å². The number of pyridine rings is 1. The average Bonchev–Trinajstić information content (AvgIpc) is 3.07. The van der Waals surface area contributed by atoms with Crippen molar-refractivity contribution < 1.29 is 23.2 Å². The van der Waals surface area contributed by atoms with Crippen LogP contribution in [0.2, 0.25) is 5.02 Å². The molecule has 3 amide bonds. The van der Waals surface area contributed by atoms with Crippen LogP contribution in [0.15, 0.2) is 79.0 Å². The molecular weight excluding hydrogens is 612 g/mol. The van der Waals surface area contributed by atoms with Gasteiger partial charge in [0.05, 0.1) is 0 Å². The van der Waals surface area contributed by atoms with E-state index in [1.807, 2.05) is 55.1 Å². The highest BCUT2D eigenvalue weighted by Crippen LogP contribution is 2.28. The zero-order chi connectivity index (χ0) is 32.8. The summed E-state index contributed by atoms with van der Waals surface area (Å²) in [5.74, 6) is -2.57. The number of piperazine rings is 1. The van der Waals surface area contributed by atoms with Gasteiger partial charge in [0.25, 0.3) is 5.91 Å². The molecule has 0 radical (unpaired) electrons. The number of carbonyl (C=O) groups is 3. The van der Waals surface area contributed by atoms with Crippen molar-refractivity contribution in [2.24, 2.45) is 0 Å². The Kier molecular flexibility index (Phi) is 10.6. The van der Waals surface area contributed by atoms with Crippen LogP contribution in [0.3, 0.4) is 0 Å². The van der Waals surface area contributed by atoms with Crippen LogP contribution >= 0.6 is 11.6 Å². The Balaban J connectivity index is 1.35. The van der Waals surface area contributed by atoms with Crippen LogP contribution in [0.1, 0.15) is 41.5 Å². The van der Waals surface area contributed by atoms with Crippen molar-refractivity contribution in [2.75, 3.05) is 39.3 Å². The van der Waals surface area contributed by atoms with E-state index in [-0.39, 0.29) is 55.7 Å². The van der Waals surface area contributed by atoms with E-state index in [4.69, 9.17) is 11.6 Å². The monoisotopic (exact) mass is 647 g/mol. The lowest BCUT2D eigenvalue weighted by Crippen LogP contribution is -2.57. The van der Waals surface area contributed by atoms with E-state index in [0.29, 0.717) is 18.1 Å². The molecule has 1 aliphatic heterocycles. The molecule has 2 heterocycles. The average molecular weight is 648 g/mol. The van der Waals surface area contributed by atoms with Gasteiger partial charge in [-0.1, -0.05) is 54.1 Å². The summed E-state index contributed by atoms with van der Waals surface area (Å²) in [7, 11) is 0. The van der Waals surface area contributed by atoms with E-state index in [1.165, 1.54) is 6.07 Å². The summed E-state index contributed by atoms with van der Waals surface area (Å²) in [6, 6.07) is 17.7. The molecule has 1 aliphatic rings.